The molecule has 0 spiro atoms. The van der Waals surface area contributed by atoms with Crippen LogP contribution in [0.5, 0.6) is 0 Å². The van der Waals surface area contributed by atoms with Crippen LogP contribution in [0.15, 0.2) is 0 Å². The van der Waals surface area contributed by atoms with Crippen LogP contribution in [0.4, 0.5) is 0 Å². The predicted molar refractivity (Wildman–Crippen MR) is 63.9 cm³/mol. The van der Waals surface area contributed by atoms with E-state index in [4.69, 9.17) is 14.6 Å². The highest BCUT2D eigenvalue weighted by atomic mass is 16.7. The minimum absolute atomic E-state index is 0.419. The van der Waals surface area contributed by atoms with Crippen molar-refractivity contribution in [1.29, 1.82) is 0 Å². The lowest BCUT2D eigenvalue weighted by molar-refractivity contribution is -0.301. The molecule has 5 atom stereocenters. The van der Waals surface area contributed by atoms with E-state index in [2.05, 4.69) is 6.92 Å². The summed E-state index contributed by atoms with van der Waals surface area (Å²) < 4.78 is 10.5. The van der Waals surface area contributed by atoms with Gasteiger partial charge in [0.15, 0.2) is 6.29 Å². The molecule has 2 unspecified atom stereocenters. The first-order chi connectivity index (χ1) is 8.61. The van der Waals surface area contributed by atoms with E-state index in [-0.39, 0.29) is 0 Å². The summed E-state index contributed by atoms with van der Waals surface area (Å²) in [6, 6.07) is 0. The van der Waals surface area contributed by atoms with Gasteiger partial charge < -0.3 is 29.9 Å². The second-order valence-corrected chi connectivity index (χ2v) is 4.63. The Morgan fingerprint density at radius 2 is 1.72 bits per heavy atom. The maximum atomic E-state index is 9.68. The summed E-state index contributed by atoms with van der Waals surface area (Å²) in [4.78, 5) is 0. The van der Waals surface area contributed by atoms with E-state index in [0.717, 1.165) is 25.7 Å². The lowest BCUT2D eigenvalue weighted by Gasteiger charge is -2.39. The zero-order chi connectivity index (χ0) is 13.5. The van der Waals surface area contributed by atoms with Crippen molar-refractivity contribution >= 4 is 0 Å². The maximum Gasteiger partial charge on any atom is 0.186 e. The summed E-state index contributed by atoms with van der Waals surface area (Å²) >= 11 is 0. The van der Waals surface area contributed by atoms with E-state index in [1.54, 1.807) is 0 Å². The summed E-state index contributed by atoms with van der Waals surface area (Å²) in [7, 11) is 0. The molecule has 1 aliphatic heterocycles. The third-order valence-electron chi connectivity index (χ3n) is 3.13. The van der Waals surface area contributed by atoms with E-state index >= 15 is 0 Å². The van der Waals surface area contributed by atoms with Crippen molar-refractivity contribution < 1.29 is 29.9 Å². The quantitative estimate of drug-likeness (QED) is 0.458. The molecule has 6 nitrogen and oxygen atoms in total. The molecule has 18 heavy (non-hydrogen) atoms. The molecule has 0 aromatic rings. The molecule has 0 aliphatic carbocycles. The van der Waals surface area contributed by atoms with Gasteiger partial charge in [0.05, 0.1) is 6.61 Å². The zero-order valence-corrected chi connectivity index (χ0v) is 10.7. The molecule has 0 aromatic heterocycles. The molecule has 1 heterocycles. The number of hydrogen-bond donors (Lipinski definition) is 4. The van der Waals surface area contributed by atoms with Crippen molar-refractivity contribution in [3.8, 4) is 0 Å². The van der Waals surface area contributed by atoms with Crippen molar-refractivity contribution in [3.63, 3.8) is 0 Å². The number of rotatable bonds is 7. The van der Waals surface area contributed by atoms with Gasteiger partial charge in [-0.15, -0.1) is 0 Å². The second-order valence-electron chi connectivity index (χ2n) is 4.63. The molecule has 108 valence electrons. The Balaban J connectivity index is 2.35. The summed E-state index contributed by atoms with van der Waals surface area (Å²) in [5.41, 5.74) is 0. The molecule has 0 radical (unpaired) electrons. The molecule has 1 saturated heterocycles. The fraction of sp³-hybridized carbons (Fsp3) is 1.00. The van der Waals surface area contributed by atoms with Gasteiger partial charge >= 0.3 is 0 Å². The predicted octanol–water partition coefficient (Wildman–Crippen LogP) is -0.617. The van der Waals surface area contributed by atoms with Crippen LogP contribution in [0, 0.1) is 0 Å². The smallest absolute Gasteiger partial charge is 0.186 e. The van der Waals surface area contributed by atoms with E-state index in [9.17, 15) is 15.3 Å². The second kappa shape index (κ2) is 8.04. The first kappa shape index (κ1) is 15.8. The monoisotopic (exact) mass is 264 g/mol. The van der Waals surface area contributed by atoms with Gasteiger partial charge in [-0.1, -0.05) is 26.2 Å². The van der Waals surface area contributed by atoms with Gasteiger partial charge in [0.1, 0.15) is 24.4 Å². The van der Waals surface area contributed by atoms with Gasteiger partial charge in [0.25, 0.3) is 0 Å². The first-order valence-corrected chi connectivity index (χ1v) is 6.54. The highest BCUT2D eigenvalue weighted by Crippen LogP contribution is 2.22. The Kier molecular flexibility index (Phi) is 7.06. The summed E-state index contributed by atoms with van der Waals surface area (Å²) in [5, 5.41) is 37.8. The summed E-state index contributed by atoms with van der Waals surface area (Å²) in [6.07, 6.45) is -1.75. The fourth-order valence-electron chi connectivity index (χ4n) is 1.93. The van der Waals surface area contributed by atoms with Gasteiger partial charge in [0.2, 0.25) is 0 Å². The van der Waals surface area contributed by atoms with E-state index < -0.39 is 37.3 Å². The molecule has 1 aliphatic rings. The lowest BCUT2D eigenvalue weighted by atomic mass is 9.99. The SMILES string of the molecule is CCCCCCO[C@H]1OC(CO)[C@@H](O)[C@H](O)C1O. The Hall–Kier alpha value is -0.240. The van der Waals surface area contributed by atoms with Gasteiger partial charge in [-0.25, -0.2) is 0 Å². The van der Waals surface area contributed by atoms with Crippen LogP contribution in [0.25, 0.3) is 0 Å². The average Bonchev–Trinajstić information content (AvgIpc) is 2.38. The molecule has 6 heteroatoms. The van der Waals surface area contributed by atoms with Gasteiger partial charge in [-0.05, 0) is 6.42 Å². The van der Waals surface area contributed by atoms with E-state index in [1.165, 1.54) is 0 Å². The van der Waals surface area contributed by atoms with Crippen LogP contribution in [0.1, 0.15) is 32.6 Å². The molecule has 0 aromatic carbocycles. The largest absolute Gasteiger partial charge is 0.394 e. The Morgan fingerprint density at radius 1 is 1.00 bits per heavy atom. The number of aliphatic hydroxyl groups excluding tert-OH is 4. The lowest BCUT2D eigenvalue weighted by Crippen LogP contribution is -2.59. The number of ether oxygens (including phenoxy) is 2. The van der Waals surface area contributed by atoms with Crippen LogP contribution in [0.2, 0.25) is 0 Å². The van der Waals surface area contributed by atoms with E-state index in [0.29, 0.717) is 6.61 Å². The number of aliphatic hydroxyl groups is 4. The Bertz CT molecular complexity index is 223. The zero-order valence-electron chi connectivity index (χ0n) is 10.7. The van der Waals surface area contributed by atoms with Gasteiger partial charge in [0, 0.05) is 6.61 Å². The molecular weight excluding hydrogens is 240 g/mol. The molecular formula is C12H24O6. The third-order valence-corrected chi connectivity index (χ3v) is 3.13. The Morgan fingerprint density at radius 3 is 2.33 bits per heavy atom. The van der Waals surface area contributed by atoms with Crippen molar-refractivity contribution in [2.24, 2.45) is 0 Å². The van der Waals surface area contributed by atoms with Crippen molar-refractivity contribution in [3.05, 3.63) is 0 Å². The van der Waals surface area contributed by atoms with Crippen LogP contribution in [-0.2, 0) is 9.47 Å². The highest BCUT2D eigenvalue weighted by molar-refractivity contribution is 4.88. The minimum Gasteiger partial charge on any atom is -0.394 e. The highest BCUT2D eigenvalue weighted by Gasteiger charge is 2.43. The maximum absolute atomic E-state index is 9.68. The molecule has 1 fully saturated rings. The van der Waals surface area contributed by atoms with Crippen molar-refractivity contribution in [2.75, 3.05) is 13.2 Å². The first-order valence-electron chi connectivity index (χ1n) is 6.54. The van der Waals surface area contributed by atoms with Crippen LogP contribution in [-0.4, -0.2) is 64.3 Å². The summed E-state index contributed by atoms with van der Waals surface area (Å²) in [5.74, 6) is 0. The van der Waals surface area contributed by atoms with Crippen LogP contribution in [0.3, 0.4) is 0 Å². The van der Waals surface area contributed by atoms with Crippen molar-refractivity contribution in [1.82, 2.24) is 0 Å². The average molecular weight is 264 g/mol. The van der Waals surface area contributed by atoms with Crippen molar-refractivity contribution in [2.45, 2.75) is 63.3 Å². The molecule has 0 bridgehead atoms. The van der Waals surface area contributed by atoms with E-state index in [1.807, 2.05) is 0 Å². The van der Waals surface area contributed by atoms with Crippen LogP contribution < -0.4 is 0 Å². The number of hydrogen-bond acceptors (Lipinski definition) is 6. The van der Waals surface area contributed by atoms with Gasteiger partial charge in [-0.3, -0.25) is 0 Å². The Labute approximate surface area is 107 Å². The minimum atomic E-state index is -1.36. The standard InChI is InChI=1S/C12H24O6/c1-2-3-4-5-6-17-12-11(16)10(15)9(14)8(7-13)18-12/h8-16H,2-7H2,1H3/t8?,9-,10+,11?,12+/m1/s1. The third kappa shape index (κ3) is 4.15. The normalized spacial score (nSPS) is 36.8. The fourth-order valence-corrected chi connectivity index (χ4v) is 1.93. The molecule has 4 N–H and O–H groups in total. The topological polar surface area (TPSA) is 99.4 Å². The number of unbranched alkanes of at least 4 members (excludes halogenated alkanes) is 3. The van der Waals surface area contributed by atoms with Gasteiger partial charge in [-0.2, -0.15) is 0 Å². The van der Waals surface area contributed by atoms with Crippen LogP contribution >= 0.6 is 0 Å². The molecule has 0 saturated carbocycles. The summed E-state index contributed by atoms with van der Waals surface area (Å²) in [6.45, 7) is 2.10. The molecule has 0 amide bonds. The molecule has 1 rings (SSSR count).